The molecular weight excluding hydrogens is 168 g/mol. The molecule has 13 heavy (non-hydrogen) atoms. The minimum absolute atomic E-state index is 0.355. The molecule has 0 bridgehead atoms. The van der Waals surface area contributed by atoms with Gasteiger partial charge in [0.2, 0.25) is 0 Å². The maximum Gasteiger partial charge on any atom is 0.511 e. The highest BCUT2D eigenvalue weighted by Gasteiger charge is 2.03. The van der Waals surface area contributed by atoms with Crippen LogP contribution in [0, 0.1) is 0 Å². The Labute approximate surface area is 76.3 Å². The van der Waals surface area contributed by atoms with Gasteiger partial charge in [0.05, 0.1) is 0 Å². The van der Waals surface area contributed by atoms with E-state index in [9.17, 15) is 4.79 Å². The number of para-hydroxylation sites is 1. The second kappa shape index (κ2) is 4.30. The number of hydrogen-bond donors (Lipinski definition) is 1. The number of ether oxygens (including phenoxy) is 1. The second-order valence-electron chi connectivity index (χ2n) is 2.41. The Kier molecular flexibility index (Phi) is 3.09. The van der Waals surface area contributed by atoms with Gasteiger partial charge in [-0.3, -0.25) is 0 Å². The van der Waals surface area contributed by atoms with Crippen molar-refractivity contribution in [2.24, 2.45) is 0 Å². The SMILES string of the molecule is CC=Cc1ccccc1OC(=O)O. The monoisotopic (exact) mass is 178 g/mol. The van der Waals surface area contributed by atoms with E-state index in [0.717, 1.165) is 5.56 Å². The van der Waals surface area contributed by atoms with Crippen molar-refractivity contribution < 1.29 is 14.6 Å². The predicted octanol–water partition coefficient (Wildman–Crippen LogP) is 2.78. The Morgan fingerprint density at radius 2 is 2.15 bits per heavy atom. The van der Waals surface area contributed by atoms with Gasteiger partial charge in [0, 0.05) is 5.56 Å². The number of benzene rings is 1. The van der Waals surface area contributed by atoms with Crippen LogP contribution in [0.5, 0.6) is 5.75 Å². The van der Waals surface area contributed by atoms with E-state index in [1.165, 1.54) is 0 Å². The normalized spacial score (nSPS) is 10.2. The molecule has 1 aromatic carbocycles. The fraction of sp³-hybridized carbons (Fsp3) is 0.100. The Balaban J connectivity index is 2.97. The number of rotatable bonds is 2. The molecular formula is C10H10O3. The average molecular weight is 178 g/mol. The predicted molar refractivity (Wildman–Crippen MR) is 49.8 cm³/mol. The second-order valence-corrected chi connectivity index (χ2v) is 2.41. The first-order valence-corrected chi connectivity index (χ1v) is 3.86. The van der Waals surface area contributed by atoms with Crippen molar-refractivity contribution in [2.75, 3.05) is 0 Å². The number of carboxylic acid groups (broad SMARTS) is 1. The maximum atomic E-state index is 10.3. The van der Waals surface area contributed by atoms with E-state index in [0.29, 0.717) is 5.75 Å². The third-order valence-electron chi connectivity index (χ3n) is 1.46. The largest absolute Gasteiger partial charge is 0.511 e. The summed E-state index contributed by atoms with van der Waals surface area (Å²) in [5.74, 6) is 0.355. The Bertz CT molecular complexity index is 329. The lowest BCUT2D eigenvalue weighted by atomic mass is 10.2. The molecule has 1 N–H and O–H groups in total. The van der Waals surface area contributed by atoms with Crippen molar-refractivity contribution in [3.8, 4) is 5.75 Å². The maximum absolute atomic E-state index is 10.3. The summed E-state index contributed by atoms with van der Waals surface area (Å²) in [6.45, 7) is 1.86. The van der Waals surface area contributed by atoms with Crippen molar-refractivity contribution in [1.82, 2.24) is 0 Å². The molecule has 0 heterocycles. The van der Waals surface area contributed by atoms with Crippen LogP contribution in [-0.4, -0.2) is 11.3 Å². The molecule has 68 valence electrons. The lowest BCUT2D eigenvalue weighted by Crippen LogP contribution is -2.03. The highest BCUT2D eigenvalue weighted by molar-refractivity contribution is 5.66. The molecule has 0 radical (unpaired) electrons. The molecule has 0 amide bonds. The molecule has 0 aromatic heterocycles. The van der Waals surface area contributed by atoms with Crippen LogP contribution in [-0.2, 0) is 0 Å². The molecule has 0 saturated heterocycles. The highest BCUT2D eigenvalue weighted by atomic mass is 16.7. The van der Waals surface area contributed by atoms with Gasteiger partial charge in [-0.05, 0) is 13.0 Å². The summed E-state index contributed by atoms with van der Waals surface area (Å²) in [5, 5.41) is 8.41. The number of hydrogen-bond acceptors (Lipinski definition) is 2. The molecule has 0 spiro atoms. The standard InChI is InChI=1S/C10H10O3/c1-2-5-8-6-3-4-7-9(8)13-10(11)12/h2-7H,1H3,(H,11,12). The molecule has 0 aliphatic heterocycles. The summed E-state index contributed by atoms with van der Waals surface area (Å²) in [6, 6.07) is 6.96. The zero-order chi connectivity index (χ0) is 9.68. The molecule has 3 heteroatoms. The van der Waals surface area contributed by atoms with Crippen LogP contribution in [0.25, 0.3) is 6.08 Å². The lowest BCUT2D eigenvalue weighted by molar-refractivity contribution is 0.144. The summed E-state index contributed by atoms with van der Waals surface area (Å²) < 4.78 is 4.56. The summed E-state index contributed by atoms with van der Waals surface area (Å²) in [7, 11) is 0. The zero-order valence-corrected chi connectivity index (χ0v) is 7.23. The Hall–Kier alpha value is -1.77. The van der Waals surface area contributed by atoms with Crippen LogP contribution < -0.4 is 4.74 Å². The van der Waals surface area contributed by atoms with Crippen LogP contribution >= 0.6 is 0 Å². The van der Waals surface area contributed by atoms with E-state index in [-0.39, 0.29) is 0 Å². The highest BCUT2D eigenvalue weighted by Crippen LogP contribution is 2.19. The average Bonchev–Trinajstić information content (AvgIpc) is 2.08. The topological polar surface area (TPSA) is 46.5 Å². The van der Waals surface area contributed by atoms with Crippen molar-refractivity contribution in [2.45, 2.75) is 6.92 Å². The van der Waals surface area contributed by atoms with Gasteiger partial charge in [0.25, 0.3) is 0 Å². The van der Waals surface area contributed by atoms with Crippen molar-refractivity contribution in [3.05, 3.63) is 35.9 Å². The Morgan fingerprint density at radius 3 is 2.77 bits per heavy atom. The molecule has 3 nitrogen and oxygen atoms in total. The minimum Gasteiger partial charge on any atom is -0.449 e. The van der Waals surface area contributed by atoms with E-state index in [4.69, 9.17) is 5.11 Å². The fourth-order valence-corrected chi connectivity index (χ4v) is 0.985. The van der Waals surface area contributed by atoms with E-state index >= 15 is 0 Å². The van der Waals surface area contributed by atoms with Crippen molar-refractivity contribution in [3.63, 3.8) is 0 Å². The minimum atomic E-state index is -1.29. The molecule has 0 unspecified atom stereocenters. The third-order valence-corrected chi connectivity index (χ3v) is 1.46. The summed E-state index contributed by atoms with van der Waals surface area (Å²) >= 11 is 0. The lowest BCUT2D eigenvalue weighted by Gasteiger charge is -2.02. The third kappa shape index (κ3) is 2.63. The molecule has 0 saturated carbocycles. The van der Waals surface area contributed by atoms with E-state index in [1.807, 2.05) is 19.1 Å². The van der Waals surface area contributed by atoms with Gasteiger partial charge in [0.15, 0.2) is 0 Å². The Morgan fingerprint density at radius 1 is 1.46 bits per heavy atom. The summed E-state index contributed by atoms with van der Waals surface area (Å²) in [5.41, 5.74) is 0.757. The molecule has 1 aromatic rings. The van der Waals surface area contributed by atoms with Gasteiger partial charge in [-0.1, -0.05) is 30.4 Å². The number of carbonyl (C=O) groups is 1. The summed E-state index contributed by atoms with van der Waals surface area (Å²) in [6.07, 6.45) is 2.32. The van der Waals surface area contributed by atoms with Crippen LogP contribution in [0.2, 0.25) is 0 Å². The van der Waals surface area contributed by atoms with E-state index in [1.54, 1.807) is 24.3 Å². The van der Waals surface area contributed by atoms with Crippen LogP contribution in [0.1, 0.15) is 12.5 Å². The number of allylic oxidation sites excluding steroid dienone is 1. The smallest absolute Gasteiger partial charge is 0.449 e. The molecule has 0 aliphatic rings. The van der Waals surface area contributed by atoms with Gasteiger partial charge in [-0.25, -0.2) is 4.79 Å². The van der Waals surface area contributed by atoms with Gasteiger partial charge in [-0.2, -0.15) is 0 Å². The first-order valence-electron chi connectivity index (χ1n) is 3.86. The van der Waals surface area contributed by atoms with Crippen LogP contribution in [0.15, 0.2) is 30.3 Å². The zero-order valence-electron chi connectivity index (χ0n) is 7.23. The van der Waals surface area contributed by atoms with Crippen LogP contribution in [0.3, 0.4) is 0 Å². The fourth-order valence-electron chi connectivity index (χ4n) is 0.985. The van der Waals surface area contributed by atoms with Gasteiger partial charge in [-0.15, -0.1) is 0 Å². The molecule has 1 rings (SSSR count). The van der Waals surface area contributed by atoms with Gasteiger partial charge in [0.1, 0.15) is 5.75 Å². The molecule has 0 aliphatic carbocycles. The summed E-state index contributed by atoms with van der Waals surface area (Å²) in [4.78, 5) is 10.3. The van der Waals surface area contributed by atoms with Crippen LogP contribution in [0.4, 0.5) is 4.79 Å². The quantitative estimate of drug-likeness (QED) is 0.559. The molecule has 0 fully saturated rings. The van der Waals surface area contributed by atoms with Crippen molar-refractivity contribution in [1.29, 1.82) is 0 Å². The first kappa shape index (κ1) is 9.32. The first-order chi connectivity index (χ1) is 6.24. The van der Waals surface area contributed by atoms with Crippen molar-refractivity contribution >= 4 is 12.2 Å². The molecule has 0 atom stereocenters. The van der Waals surface area contributed by atoms with E-state index < -0.39 is 6.16 Å². The van der Waals surface area contributed by atoms with Gasteiger partial charge < -0.3 is 9.84 Å². The van der Waals surface area contributed by atoms with Gasteiger partial charge >= 0.3 is 6.16 Å². The van der Waals surface area contributed by atoms with E-state index in [2.05, 4.69) is 4.74 Å².